The van der Waals surface area contributed by atoms with Gasteiger partial charge in [-0.05, 0) is 26.7 Å². The highest BCUT2D eigenvalue weighted by Gasteiger charge is 2.55. The number of aliphatic hydroxyl groups excluding tert-OH is 1. The summed E-state index contributed by atoms with van der Waals surface area (Å²) in [5.41, 5.74) is -0.194. The predicted octanol–water partition coefficient (Wildman–Crippen LogP) is 1.12. The lowest BCUT2D eigenvalue weighted by molar-refractivity contribution is -0.174. The molecule has 0 aromatic heterocycles. The van der Waals surface area contributed by atoms with Crippen molar-refractivity contribution in [2.45, 2.75) is 58.1 Å². The third kappa shape index (κ3) is 1.99. The largest absolute Gasteiger partial charge is 0.391 e. The van der Waals surface area contributed by atoms with Gasteiger partial charge in [0.2, 0.25) is 5.91 Å². The molecule has 0 aromatic rings. The molecule has 0 radical (unpaired) electrons. The van der Waals surface area contributed by atoms with E-state index in [1.807, 2.05) is 0 Å². The number of aliphatic hydroxyl groups is 1. The van der Waals surface area contributed by atoms with Gasteiger partial charge in [-0.25, -0.2) is 0 Å². The molecule has 17 heavy (non-hydrogen) atoms. The first-order chi connectivity index (χ1) is 7.98. The second-order valence-corrected chi connectivity index (χ2v) is 5.57. The van der Waals surface area contributed by atoms with Crippen molar-refractivity contribution in [3.8, 4) is 0 Å². The van der Waals surface area contributed by atoms with Crippen molar-refractivity contribution in [2.24, 2.45) is 5.41 Å². The van der Waals surface area contributed by atoms with Gasteiger partial charge >= 0.3 is 0 Å². The number of likely N-dealkylation sites (tertiary alicyclic amines) is 1. The molecule has 1 aliphatic heterocycles. The zero-order valence-corrected chi connectivity index (χ0v) is 10.6. The van der Waals surface area contributed by atoms with Crippen molar-refractivity contribution in [2.75, 3.05) is 6.54 Å². The van der Waals surface area contributed by atoms with Crippen LogP contribution in [0.2, 0.25) is 0 Å². The fraction of sp³-hybridized carbons (Fsp3) is 0.846. The average molecular weight is 239 g/mol. The molecule has 1 N–H and O–H groups in total. The zero-order chi connectivity index (χ0) is 12.6. The molecule has 4 heteroatoms. The molecule has 1 aliphatic carbocycles. The number of rotatable bonds is 3. The Morgan fingerprint density at radius 2 is 1.94 bits per heavy atom. The lowest BCUT2D eigenvalue weighted by atomic mass is 9.67. The first-order valence-corrected chi connectivity index (χ1v) is 6.47. The summed E-state index contributed by atoms with van der Waals surface area (Å²) in [6.45, 7) is 3.67. The molecule has 1 saturated heterocycles. The summed E-state index contributed by atoms with van der Waals surface area (Å²) in [7, 11) is 0. The molecule has 0 bridgehead atoms. The first kappa shape index (κ1) is 12.6. The zero-order valence-electron chi connectivity index (χ0n) is 10.6. The molecule has 1 spiro atoms. The third-order valence-electron chi connectivity index (χ3n) is 4.21. The summed E-state index contributed by atoms with van der Waals surface area (Å²) < 4.78 is 0. The summed E-state index contributed by atoms with van der Waals surface area (Å²) in [6.07, 6.45) is 4.55. The van der Waals surface area contributed by atoms with E-state index in [1.54, 1.807) is 11.8 Å². The Morgan fingerprint density at radius 3 is 2.35 bits per heavy atom. The smallest absolute Gasteiger partial charge is 0.231 e. The summed E-state index contributed by atoms with van der Waals surface area (Å²) >= 11 is 0. The van der Waals surface area contributed by atoms with Crippen molar-refractivity contribution in [1.82, 2.24) is 4.90 Å². The molecule has 96 valence electrons. The second-order valence-electron chi connectivity index (χ2n) is 5.57. The maximum absolute atomic E-state index is 12.3. The molecule has 4 nitrogen and oxygen atoms in total. The third-order valence-corrected chi connectivity index (χ3v) is 4.21. The molecule has 1 unspecified atom stereocenters. The number of carbonyl (C=O) groups is 2. The number of β-lactam (4-membered cyclic amide) rings is 1. The van der Waals surface area contributed by atoms with Crippen molar-refractivity contribution in [3.05, 3.63) is 0 Å². The Balaban J connectivity index is 2.07. The molecule has 2 aliphatic rings. The van der Waals surface area contributed by atoms with Gasteiger partial charge in [-0.2, -0.15) is 0 Å². The van der Waals surface area contributed by atoms with Gasteiger partial charge in [0.15, 0.2) is 5.78 Å². The molecule has 0 aromatic carbocycles. The van der Waals surface area contributed by atoms with Gasteiger partial charge in [0, 0.05) is 6.54 Å². The lowest BCUT2D eigenvalue weighted by Gasteiger charge is -2.53. The van der Waals surface area contributed by atoms with Gasteiger partial charge in [-0.1, -0.05) is 19.3 Å². The van der Waals surface area contributed by atoms with Crippen LogP contribution >= 0.6 is 0 Å². The fourth-order valence-corrected chi connectivity index (χ4v) is 3.32. The SMILES string of the molecule is CC(=O)C([C@@H](C)O)N1CC2(CCCCC2)C1=O. The lowest BCUT2D eigenvalue weighted by Crippen LogP contribution is -2.68. The van der Waals surface area contributed by atoms with Crippen LogP contribution in [0, 0.1) is 5.41 Å². The standard InChI is InChI=1S/C13H21NO3/c1-9(15)11(10(2)16)14-8-13(12(14)17)6-4-3-5-7-13/h9,11,15H,3-8H2,1-2H3/t9-,11?/m1/s1. The van der Waals surface area contributed by atoms with Crippen LogP contribution < -0.4 is 0 Å². The first-order valence-electron chi connectivity index (χ1n) is 6.47. The average Bonchev–Trinajstić information content (AvgIpc) is 2.28. The van der Waals surface area contributed by atoms with Gasteiger partial charge in [0.05, 0.1) is 11.5 Å². The van der Waals surface area contributed by atoms with Gasteiger partial charge in [0.1, 0.15) is 6.04 Å². The van der Waals surface area contributed by atoms with Crippen molar-refractivity contribution in [3.63, 3.8) is 0 Å². The monoisotopic (exact) mass is 239 g/mol. The highest BCUT2D eigenvalue weighted by Crippen LogP contribution is 2.46. The van der Waals surface area contributed by atoms with Crippen LogP contribution in [-0.4, -0.2) is 40.4 Å². The van der Waals surface area contributed by atoms with E-state index in [0.29, 0.717) is 6.54 Å². The van der Waals surface area contributed by atoms with Crippen molar-refractivity contribution >= 4 is 11.7 Å². The highest BCUT2D eigenvalue weighted by molar-refractivity contribution is 5.94. The van der Waals surface area contributed by atoms with Crippen molar-refractivity contribution < 1.29 is 14.7 Å². The van der Waals surface area contributed by atoms with E-state index in [-0.39, 0.29) is 17.1 Å². The Kier molecular flexibility index (Phi) is 3.25. The van der Waals surface area contributed by atoms with E-state index in [9.17, 15) is 14.7 Å². The number of Topliss-reactive ketones (excluding diaryl/α,β-unsaturated/α-hetero) is 1. The summed E-state index contributed by atoms with van der Waals surface area (Å²) in [5, 5.41) is 9.61. The van der Waals surface area contributed by atoms with Crippen LogP contribution in [0.25, 0.3) is 0 Å². The Hall–Kier alpha value is -0.900. The fourth-order valence-electron chi connectivity index (χ4n) is 3.32. The van der Waals surface area contributed by atoms with E-state index in [2.05, 4.69) is 0 Å². The van der Waals surface area contributed by atoms with Crippen LogP contribution in [0.4, 0.5) is 0 Å². The number of hydrogen-bond donors (Lipinski definition) is 1. The molecule has 2 atom stereocenters. The highest BCUT2D eigenvalue weighted by atomic mass is 16.3. The predicted molar refractivity (Wildman–Crippen MR) is 63.4 cm³/mol. The van der Waals surface area contributed by atoms with Gasteiger partial charge < -0.3 is 10.0 Å². The van der Waals surface area contributed by atoms with Crippen LogP contribution in [0.3, 0.4) is 0 Å². The normalized spacial score (nSPS) is 26.5. The minimum absolute atomic E-state index is 0.0818. The molecule has 2 rings (SSSR count). The minimum Gasteiger partial charge on any atom is -0.391 e. The Morgan fingerprint density at radius 1 is 1.35 bits per heavy atom. The number of amides is 1. The van der Waals surface area contributed by atoms with E-state index >= 15 is 0 Å². The van der Waals surface area contributed by atoms with Crippen LogP contribution in [-0.2, 0) is 9.59 Å². The van der Waals surface area contributed by atoms with E-state index in [1.165, 1.54) is 13.3 Å². The maximum atomic E-state index is 12.3. The second kappa shape index (κ2) is 4.41. The van der Waals surface area contributed by atoms with E-state index in [4.69, 9.17) is 0 Å². The number of hydrogen-bond acceptors (Lipinski definition) is 3. The molecule has 1 heterocycles. The molecule has 1 saturated carbocycles. The van der Waals surface area contributed by atoms with Crippen LogP contribution in [0.1, 0.15) is 46.0 Å². The van der Waals surface area contributed by atoms with E-state index < -0.39 is 12.1 Å². The number of carbonyl (C=O) groups excluding carboxylic acids is 2. The topological polar surface area (TPSA) is 57.6 Å². The van der Waals surface area contributed by atoms with Gasteiger partial charge in [-0.3, -0.25) is 9.59 Å². The Bertz CT molecular complexity index is 332. The van der Waals surface area contributed by atoms with Gasteiger partial charge in [0.25, 0.3) is 0 Å². The summed E-state index contributed by atoms with van der Waals surface area (Å²) in [6, 6.07) is -0.643. The summed E-state index contributed by atoms with van der Waals surface area (Å²) in [4.78, 5) is 25.3. The van der Waals surface area contributed by atoms with Crippen LogP contribution in [0.5, 0.6) is 0 Å². The quantitative estimate of drug-likeness (QED) is 0.751. The van der Waals surface area contributed by atoms with Gasteiger partial charge in [-0.15, -0.1) is 0 Å². The van der Waals surface area contributed by atoms with E-state index in [0.717, 1.165) is 25.7 Å². The number of ketones is 1. The van der Waals surface area contributed by atoms with Crippen LogP contribution in [0.15, 0.2) is 0 Å². The van der Waals surface area contributed by atoms with Crippen molar-refractivity contribution in [1.29, 1.82) is 0 Å². The Labute approximate surface area is 102 Å². The molecule has 1 amide bonds. The number of nitrogens with zero attached hydrogens (tertiary/aromatic N) is 1. The molecule has 2 fully saturated rings. The molecular weight excluding hydrogens is 218 g/mol. The maximum Gasteiger partial charge on any atom is 0.231 e. The summed E-state index contributed by atoms with van der Waals surface area (Å²) in [5.74, 6) is -0.0442. The minimum atomic E-state index is -0.780. The molecular formula is C13H21NO3.